The van der Waals surface area contributed by atoms with Crippen molar-refractivity contribution in [3.63, 3.8) is 0 Å². The van der Waals surface area contributed by atoms with Crippen molar-refractivity contribution in [3.8, 4) is 5.75 Å². The van der Waals surface area contributed by atoms with Crippen molar-refractivity contribution in [1.29, 1.82) is 0 Å². The molecule has 4 nitrogen and oxygen atoms in total. The minimum Gasteiger partial charge on any atom is -0.496 e. The van der Waals surface area contributed by atoms with Crippen molar-refractivity contribution in [2.45, 2.75) is 19.9 Å². The number of hydrogen-bond donors (Lipinski definition) is 2. The highest BCUT2D eigenvalue weighted by Crippen LogP contribution is 2.35. The van der Waals surface area contributed by atoms with Gasteiger partial charge in [-0.1, -0.05) is 15.9 Å². The van der Waals surface area contributed by atoms with Crippen LogP contribution in [0.15, 0.2) is 10.5 Å². The van der Waals surface area contributed by atoms with E-state index in [1.165, 1.54) is 7.11 Å². The number of carboxylic acid groups (broad SMARTS) is 1. The Labute approximate surface area is 103 Å². The number of nitrogens with two attached hydrogens (primary N) is 1. The molecular formula is C11H14BrNO3. The molecule has 16 heavy (non-hydrogen) atoms. The number of ether oxygens (including phenoxy) is 1. The van der Waals surface area contributed by atoms with E-state index < -0.39 is 12.0 Å². The van der Waals surface area contributed by atoms with Gasteiger partial charge in [-0.25, -0.2) is 0 Å². The summed E-state index contributed by atoms with van der Waals surface area (Å²) in [6.45, 7) is 3.74. The van der Waals surface area contributed by atoms with Crippen LogP contribution in [0.2, 0.25) is 0 Å². The molecule has 1 rings (SSSR count). The molecule has 0 aliphatic carbocycles. The molecule has 1 atom stereocenters. The van der Waals surface area contributed by atoms with Gasteiger partial charge in [0, 0.05) is 15.6 Å². The lowest BCUT2D eigenvalue weighted by atomic mass is 10.00. The van der Waals surface area contributed by atoms with Gasteiger partial charge in [-0.2, -0.15) is 0 Å². The summed E-state index contributed by atoms with van der Waals surface area (Å²) in [4.78, 5) is 10.9. The van der Waals surface area contributed by atoms with E-state index in [0.29, 0.717) is 11.3 Å². The molecule has 0 saturated heterocycles. The molecule has 0 radical (unpaired) electrons. The summed E-state index contributed by atoms with van der Waals surface area (Å²) in [5.74, 6) is -0.549. The van der Waals surface area contributed by atoms with E-state index in [4.69, 9.17) is 15.6 Å². The predicted octanol–water partition coefficient (Wildman–Crippen LogP) is 2.16. The van der Waals surface area contributed by atoms with Crippen LogP contribution in [-0.2, 0) is 4.79 Å². The summed E-state index contributed by atoms with van der Waals surface area (Å²) in [6.07, 6.45) is 0. The zero-order valence-corrected chi connectivity index (χ0v) is 11.0. The molecule has 88 valence electrons. The molecule has 0 bridgehead atoms. The van der Waals surface area contributed by atoms with Crippen molar-refractivity contribution in [2.24, 2.45) is 5.73 Å². The maximum absolute atomic E-state index is 10.9. The molecule has 5 heteroatoms. The first-order valence-electron chi connectivity index (χ1n) is 4.72. The van der Waals surface area contributed by atoms with Gasteiger partial charge >= 0.3 is 5.97 Å². The fourth-order valence-electron chi connectivity index (χ4n) is 1.61. The molecule has 0 amide bonds. The Balaban J connectivity index is 3.44. The minimum atomic E-state index is -1.07. The zero-order chi connectivity index (χ0) is 12.5. The molecule has 0 aromatic heterocycles. The number of hydrogen-bond acceptors (Lipinski definition) is 3. The van der Waals surface area contributed by atoms with Crippen LogP contribution in [0.4, 0.5) is 0 Å². The molecule has 0 saturated carbocycles. The molecule has 0 aliphatic rings. The third kappa shape index (κ3) is 2.20. The van der Waals surface area contributed by atoms with Gasteiger partial charge in [0.15, 0.2) is 0 Å². The fourth-order valence-corrected chi connectivity index (χ4v) is 1.90. The van der Waals surface area contributed by atoms with Crippen molar-refractivity contribution < 1.29 is 14.6 Å². The Morgan fingerprint density at radius 1 is 1.56 bits per heavy atom. The second-order valence-electron chi connectivity index (χ2n) is 3.57. The fraction of sp³-hybridized carbons (Fsp3) is 0.364. The lowest BCUT2D eigenvalue weighted by Crippen LogP contribution is -2.21. The van der Waals surface area contributed by atoms with Gasteiger partial charge in [-0.05, 0) is 25.5 Å². The van der Waals surface area contributed by atoms with Crippen molar-refractivity contribution in [2.75, 3.05) is 7.11 Å². The number of carbonyl (C=O) groups is 1. The van der Waals surface area contributed by atoms with E-state index >= 15 is 0 Å². The molecule has 0 heterocycles. The van der Waals surface area contributed by atoms with Crippen molar-refractivity contribution in [1.82, 2.24) is 0 Å². The number of benzene rings is 1. The quantitative estimate of drug-likeness (QED) is 0.894. The first-order chi connectivity index (χ1) is 7.40. The second-order valence-corrected chi connectivity index (χ2v) is 4.36. The molecule has 3 N–H and O–H groups in total. The standard InChI is InChI=1S/C11H14BrNO3/c1-5-4-7(9(13)11(14)15)10(16-3)6(2)8(5)12/h4,9H,13H2,1-3H3,(H,14,15). The van der Waals surface area contributed by atoms with Crippen LogP contribution in [0.5, 0.6) is 5.75 Å². The third-order valence-electron chi connectivity index (χ3n) is 2.46. The van der Waals surface area contributed by atoms with Gasteiger partial charge in [0.2, 0.25) is 0 Å². The minimum absolute atomic E-state index is 0.494. The topological polar surface area (TPSA) is 72.5 Å². The Morgan fingerprint density at radius 3 is 2.56 bits per heavy atom. The lowest BCUT2D eigenvalue weighted by Gasteiger charge is -2.17. The molecule has 1 unspecified atom stereocenters. The normalized spacial score (nSPS) is 12.3. The van der Waals surface area contributed by atoms with E-state index in [1.54, 1.807) is 6.07 Å². The SMILES string of the molecule is COc1c(C(N)C(=O)O)cc(C)c(Br)c1C. The lowest BCUT2D eigenvalue weighted by molar-refractivity contribution is -0.138. The van der Waals surface area contributed by atoms with Crippen LogP contribution >= 0.6 is 15.9 Å². The van der Waals surface area contributed by atoms with Crippen LogP contribution in [0, 0.1) is 13.8 Å². The van der Waals surface area contributed by atoms with E-state index in [1.807, 2.05) is 13.8 Å². The number of methoxy groups -OCH3 is 1. The first kappa shape index (κ1) is 13.0. The summed E-state index contributed by atoms with van der Waals surface area (Å²) < 4.78 is 6.12. The zero-order valence-electron chi connectivity index (χ0n) is 9.37. The van der Waals surface area contributed by atoms with Crippen LogP contribution in [0.1, 0.15) is 22.7 Å². The van der Waals surface area contributed by atoms with Crippen LogP contribution in [-0.4, -0.2) is 18.2 Å². The molecule has 0 fully saturated rings. The maximum Gasteiger partial charge on any atom is 0.325 e. The average Bonchev–Trinajstić information content (AvgIpc) is 2.24. The second kappa shape index (κ2) is 4.84. The maximum atomic E-state index is 10.9. The molecular weight excluding hydrogens is 274 g/mol. The number of rotatable bonds is 3. The van der Waals surface area contributed by atoms with Crippen LogP contribution in [0.25, 0.3) is 0 Å². The predicted molar refractivity (Wildman–Crippen MR) is 64.7 cm³/mol. The third-order valence-corrected chi connectivity index (χ3v) is 3.68. The van der Waals surface area contributed by atoms with Crippen LogP contribution in [0.3, 0.4) is 0 Å². The van der Waals surface area contributed by atoms with Gasteiger partial charge in [0.25, 0.3) is 0 Å². The van der Waals surface area contributed by atoms with Gasteiger partial charge in [-0.15, -0.1) is 0 Å². The average molecular weight is 288 g/mol. The summed E-state index contributed by atoms with van der Waals surface area (Å²) in [5, 5.41) is 8.91. The smallest absolute Gasteiger partial charge is 0.325 e. The van der Waals surface area contributed by atoms with Gasteiger partial charge in [0.05, 0.1) is 7.11 Å². The Morgan fingerprint density at radius 2 is 2.12 bits per heavy atom. The van der Waals surface area contributed by atoms with Gasteiger partial charge in [0.1, 0.15) is 11.8 Å². The molecule has 1 aromatic carbocycles. The first-order valence-corrected chi connectivity index (χ1v) is 5.51. The highest BCUT2D eigenvalue weighted by atomic mass is 79.9. The van der Waals surface area contributed by atoms with E-state index in [2.05, 4.69) is 15.9 Å². The van der Waals surface area contributed by atoms with Crippen LogP contribution < -0.4 is 10.5 Å². The van der Waals surface area contributed by atoms with Gasteiger partial charge < -0.3 is 15.6 Å². The number of carboxylic acids is 1. The largest absolute Gasteiger partial charge is 0.496 e. The number of aryl methyl sites for hydroxylation is 1. The number of halogens is 1. The highest BCUT2D eigenvalue weighted by Gasteiger charge is 2.22. The summed E-state index contributed by atoms with van der Waals surface area (Å²) in [6, 6.07) is 0.662. The van der Waals surface area contributed by atoms with Crippen molar-refractivity contribution >= 4 is 21.9 Å². The Kier molecular flexibility index (Phi) is 3.93. The van der Waals surface area contributed by atoms with E-state index in [9.17, 15) is 4.79 Å². The Hall–Kier alpha value is -1.07. The number of aliphatic carboxylic acids is 1. The van der Waals surface area contributed by atoms with Crippen molar-refractivity contribution in [3.05, 3.63) is 27.2 Å². The Bertz CT molecular complexity index is 432. The summed E-state index contributed by atoms with van der Waals surface area (Å²) in [5.41, 5.74) is 7.89. The summed E-state index contributed by atoms with van der Waals surface area (Å²) in [7, 11) is 1.50. The molecule has 1 aromatic rings. The highest BCUT2D eigenvalue weighted by molar-refractivity contribution is 9.10. The monoisotopic (exact) mass is 287 g/mol. The molecule has 0 aliphatic heterocycles. The van der Waals surface area contributed by atoms with E-state index in [-0.39, 0.29) is 0 Å². The van der Waals surface area contributed by atoms with Gasteiger partial charge in [-0.3, -0.25) is 4.79 Å². The van der Waals surface area contributed by atoms with E-state index in [0.717, 1.165) is 15.6 Å². The summed E-state index contributed by atoms with van der Waals surface area (Å²) >= 11 is 3.42. The molecule has 0 spiro atoms.